The Hall–Kier alpha value is -3.75. The SMILES string of the molecule is CCCCn1c(C)c(C=O)c(/C=C/c2ccc3cc(N(C)C)ccc3[n+]2C)c1C.Cc1ccc(S(=O)(=O)[O-])cc1. The van der Waals surface area contributed by atoms with E-state index in [2.05, 4.69) is 91.5 Å². The lowest BCUT2D eigenvalue weighted by Crippen LogP contribution is -2.32. The number of benzene rings is 2. The predicted octanol–water partition coefficient (Wildman–Crippen LogP) is 5.83. The number of rotatable bonds is 8. The van der Waals surface area contributed by atoms with E-state index in [9.17, 15) is 17.8 Å². The highest BCUT2D eigenvalue weighted by Crippen LogP contribution is 2.24. The predicted molar refractivity (Wildman–Crippen MR) is 162 cm³/mol. The maximum absolute atomic E-state index is 11.8. The molecule has 0 N–H and O–H groups in total. The van der Waals surface area contributed by atoms with E-state index >= 15 is 0 Å². The minimum atomic E-state index is -4.27. The van der Waals surface area contributed by atoms with Gasteiger partial charge in [-0.05, 0) is 63.6 Å². The largest absolute Gasteiger partial charge is 0.744 e. The number of aldehydes is 1. The molecule has 0 aliphatic rings. The van der Waals surface area contributed by atoms with Gasteiger partial charge in [0.2, 0.25) is 11.2 Å². The van der Waals surface area contributed by atoms with E-state index in [1.807, 2.05) is 13.8 Å². The van der Waals surface area contributed by atoms with Crippen LogP contribution in [0.15, 0.2) is 59.5 Å². The Morgan fingerprint density at radius 2 is 1.57 bits per heavy atom. The second-order valence-electron chi connectivity index (χ2n) is 10.2. The zero-order valence-corrected chi connectivity index (χ0v) is 25.2. The zero-order valence-electron chi connectivity index (χ0n) is 24.4. The third-order valence-corrected chi connectivity index (χ3v) is 8.02. The molecule has 0 spiro atoms. The van der Waals surface area contributed by atoms with Crippen molar-refractivity contribution in [2.24, 2.45) is 7.05 Å². The highest BCUT2D eigenvalue weighted by molar-refractivity contribution is 7.85. The van der Waals surface area contributed by atoms with Gasteiger partial charge in [-0.25, -0.2) is 8.42 Å². The Balaban J connectivity index is 0.000000336. The fourth-order valence-electron chi connectivity index (χ4n) is 4.67. The molecule has 0 bridgehead atoms. The third-order valence-electron chi connectivity index (χ3n) is 7.17. The summed E-state index contributed by atoms with van der Waals surface area (Å²) in [6.45, 7) is 9.12. The van der Waals surface area contributed by atoms with E-state index in [0.29, 0.717) is 0 Å². The van der Waals surface area contributed by atoms with Gasteiger partial charge in [0.05, 0.1) is 4.90 Å². The first-order valence-corrected chi connectivity index (χ1v) is 14.8. The Morgan fingerprint density at radius 1 is 0.925 bits per heavy atom. The molecule has 7 nitrogen and oxygen atoms in total. The molecule has 2 heterocycles. The quantitative estimate of drug-likeness (QED) is 0.153. The third kappa shape index (κ3) is 7.06. The van der Waals surface area contributed by atoms with Gasteiger partial charge in [-0.2, -0.15) is 4.57 Å². The number of anilines is 1. The van der Waals surface area contributed by atoms with Gasteiger partial charge in [-0.1, -0.05) is 31.0 Å². The van der Waals surface area contributed by atoms with E-state index in [-0.39, 0.29) is 4.90 Å². The van der Waals surface area contributed by atoms with Crippen LogP contribution in [-0.4, -0.2) is 37.9 Å². The highest BCUT2D eigenvalue weighted by Gasteiger charge is 2.16. The average Bonchev–Trinajstić information content (AvgIpc) is 3.14. The van der Waals surface area contributed by atoms with E-state index in [1.165, 1.54) is 28.7 Å². The van der Waals surface area contributed by atoms with Crippen LogP contribution in [0.4, 0.5) is 5.69 Å². The highest BCUT2D eigenvalue weighted by atomic mass is 32.2. The number of aromatic nitrogens is 2. The van der Waals surface area contributed by atoms with Crippen LogP contribution in [0.3, 0.4) is 0 Å². The van der Waals surface area contributed by atoms with Gasteiger partial charge in [0.15, 0.2) is 6.29 Å². The van der Waals surface area contributed by atoms with Gasteiger partial charge in [0.25, 0.3) is 0 Å². The Kier molecular flexibility index (Phi) is 10.1. The van der Waals surface area contributed by atoms with Crippen molar-refractivity contribution in [1.29, 1.82) is 0 Å². The molecular formula is C32H39N3O4S. The van der Waals surface area contributed by atoms with Crippen molar-refractivity contribution in [2.45, 2.75) is 52.0 Å². The average molecular weight is 562 g/mol. The molecule has 0 aliphatic heterocycles. The molecule has 0 fully saturated rings. The molecule has 2 aromatic heterocycles. The van der Waals surface area contributed by atoms with E-state index in [4.69, 9.17) is 0 Å². The van der Waals surface area contributed by atoms with E-state index in [1.54, 1.807) is 12.1 Å². The van der Waals surface area contributed by atoms with Crippen LogP contribution in [0, 0.1) is 20.8 Å². The monoisotopic (exact) mass is 561 g/mol. The molecule has 40 heavy (non-hydrogen) atoms. The van der Waals surface area contributed by atoms with Crippen molar-refractivity contribution in [2.75, 3.05) is 19.0 Å². The van der Waals surface area contributed by atoms with Crippen LogP contribution in [0.5, 0.6) is 0 Å². The van der Waals surface area contributed by atoms with Crippen molar-refractivity contribution in [3.63, 3.8) is 0 Å². The molecule has 0 radical (unpaired) electrons. The minimum Gasteiger partial charge on any atom is -0.744 e. The molecule has 0 unspecified atom stereocenters. The molecule has 8 heteroatoms. The van der Waals surface area contributed by atoms with Crippen LogP contribution in [-0.2, 0) is 23.7 Å². The van der Waals surface area contributed by atoms with Gasteiger partial charge in [-0.3, -0.25) is 4.79 Å². The summed E-state index contributed by atoms with van der Waals surface area (Å²) >= 11 is 0. The molecule has 0 amide bonds. The number of pyridine rings is 1. The standard InChI is InChI=1S/C25H32N3O.C7H8O3S/c1-7-8-15-28-18(2)23(24(17-29)19(28)3)13-11-21-10-9-20-16-22(26(4)5)12-14-25(20)27(21)6;1-6-2-4-7(5-3-6)11(8,9)10/h9-14,16-17H,7-8,15H2,1-6H3;2-5H,1H3,(H,8,9,10)/q+1;/p-1. The maximum atomic E-state index is 11.8. The zero-order chi connectivity index (χ0) is 29.6. The minimum absolute atomic E-state index is 0.178. The van der Waals surface area contributed by atoms with Crippen LogP contribution >= 0.6 is 0 Å². The summed E-state index contributed by atoms with van der Waals surface area (Å²) in [5.41, 5.74) is 8.45. The number of carbonyl (C=O) groups is 1. The van der Waals surface area contributed by atoms with E-state index in [0.717, 1.165) is 59.4 Å². The number of unbranched alkanes of at least 4 members (excludes halogenated alkanes) is 1. The Morgan fingerprint density at radius 3 is 2.15 bits per heavy atom. The second kappa shape index (κ2) is 13.1. The summed E-state index contributed by atoms with van der Waals surface area (Å²) in [6.07, 6.45) is 7.45. The maximum Gasteiger partial charge on any atom is 0.212 e. The van der Waals surface area contributed by atoms with Gasteiger partial charge >= 0.3 is 0 Å². The first-order chi connectivity index (χ1) is 18.9. The van der Waals surface area contributed by atoms with Crippen LogP contribution in [0.1, 0.15) is 58.3 Å². The summed E-state index contributed by atoms with van der Waals surface area (Å²) in [5, 5.41) is 1.21. The van der Waals surface area contributed by atoms with Crippen molar-refractivity contribution in [3.05, 3.63) is 88.4 Å². The van der Waals surface area contributed by atoms with Gasteiger partial charge < -0.3 is 14.0 Å². The lowest BCUT2D eigenvalue weighted by molar-refractivity contribution is -0.646. The lowest BCUT2D eigenvalue weighted by atomic mass is 10.1. The van der Waals surface area contributed by atoms with Gasteiger partial charge in [0.1, 0.15) is 17.2 Å². The number of carbonyl (C=O) groups excluding carboxylic acids is 1. The normalized spacial score (nSPS) is 11.5. The van der Waals surface area contributed by atoms with E-state index < -0.39 is 10.1 Å². The van der Waals surface area contributed by atoms with Crippen LogP contribution in [0.25, 0.3) is 23.1 Å². The summed E-state index contributed by atoms with van der Waals surface area (Å²) in [4.78, 5) is 13.7. The first-order valence-electron chi connectivity index (χ1n) is 13.3. The summed E-state index contributed by atoms with van der Waals surface area (Å²) < 4.78 is 35.6. The van der Waals surface area contributed by atoms with Crippen LogP contribution < -0.4 is 9.47 Å². The van der Waals surface area contributed by atoms with Gasteiger partial charge in [-0.15, -0.1) is 0 Å². The molecule has 4 rings (SSSR count). The molecule has 0 aliphatic carbocycles. The Labute approximate surface area is 238 Å². The number of hydrogen-bond donors (Lipinski definition) is 0. The first kappa shape index (κ1) is 30.8. The lowest BCUT2D eigenvalue weighted by Gasteiger charge is -2.12. The fraction of sp³-hybridized carbons (Fsp3) is 0.312. The van der Waals surface area contributed by atoms with Gasteiger partial charge in [0, 0.05) is 72.4 Å². The summed E-state index contributed by atoms with van der Waals surface area (Å²) in [6, 6.07) is 16.6. The Bertz CT molecular complexity index is 1630. The topological polar surface area (TPSA) is 86.3 Å². The molecule has 4 aromatic rings. The molecule has 0 saturated heterocycles. The number of nitrogens with zero attached hydrogens (tertiary/aromatic N) is 3. The van der Waals surface area contributed by atoms with Crippen molar-refractivity contribution >= 4 is 45.1 Å². The van der Waals surface area contributed by atoms with Crippen LogP contribution in [0.2, 0.25) is 0 Å². The molecular weight excluding hydrogens is 522 g/mol. The summed E-state index contributed by atoms with van der Waals surface area (Å²) in [5.74, 6) is 0. The van der Waals surface area contributed by atoms with Crippen molar-refractivity contribution in [3.8, 4) is 0 Å². The van der Waals surface area contributed by atoms with Crippen molar-refractivity contribution < 1.29 is 22.3 Å². The summed E-state index contributed by atoms with van der Waals surface area (Å²) in [7, 11) is 1.93. The molecule has 0 saturated carbocycles. The second-order valence-corrected chi connectivity index (χ2v) is 11.6. The number of aryl methyl sites for hydroxylation is 2. The number of fused-ring (bicyclic) bond motifs is 1. The van der Waals surface area contributed by atoms with Crippen molar-refractivity contribution in [1.82, 2.24) is 4.57 Å². The fourth-order valence-corrected chi connectivity index (χ4v) is 5.14. The molecule has 2 aromatic carbocycles. The molecule has 212 valence electrons. The smallest absolute Gasteiger partial charge is 0.212 e. The number of hydrogen-bond acceptors (Lipinski definition) is 5. The molecule has 0 atom stereocenters.